The van der Waals surface area contributed by atoms with Gasteiger partial charge in [0, 0.05) is 6.54 Å². The zero-order valence-electron chi connectivity index (χ0n) is 17.9. The Morgan fingerprint density at radius 3 is 2.52 bits per heavy atom. The van der Waals surface area contributed by atoms with Crippen LogP contribution in [0, 0.1) is 6.92 Å². The lowest BCUT2D eigenvalue weighted by atomic mass is 9.97. The summed E-state index contributed by atoms with van der Waals surface area (Å²) in [5.41, 5.74) is 2.25. The van der Waals surface area contributed by atoms with Crippen molar-refractivity contribution in [1.29, 1.82) is 0 Å². The van der Waals surface area contributed by atoms with Gasteiger partial charge in [0.2, 0.25) is 5.76 Å². The van der Waals surface area contributed by atoms with Gasteiger partial charge in [-0.1, -0.05) is 23.8 Å². The zero-order chi connectivity index (χ0) is 22.1. The van der Waals surface area contributed by atoms with Gasteiger partial charge in [0.05, 0.1) is 30.2 Å². The molecule has 0 saturated heterocycles. The smallest absolute Gasteiger partial charge is 0.291 e. The Labute approximate surface area is 180 Å². The molecule has 0 radical (unpaired) electrons. The SMILES string of the molecule is C=CCN1C(=O)c2oc3ccc(C)cc3c(=O)c2[C@@H]1c1ccc(OCC)c(OCC)c1. The maximum atomic E-state index is 13.5. The number of fused-ring (bicyclic) bond motifs is 2. The molecule has 31 heavy (non-hydrogen) atoms. The molecule has 1 amide bonds. The topological polar surface area (TPSA) is 69.0 Å². The molecule has 0 saturated carbocycles. The first kappa shape index (κ1) is 20.7. The van der Waals surface area contributed by atoms with E-state index in [0.29, 0.717) is 41.2 Å². The van der Waals surface area contributed by atoms with Gasteiger partial charge in [-0.25, -0.2) is 0 Å². The van der Waals surface area contributed by atoms with Crippen LogP contribution in [0.1, 0.15) is 47.1 Å². The molecule has 2 aromatic carbocycles. The number of carbonyl (C=O) groups is 1. The van der Waals surface area contributed by atoms with E-state index >= 15 is 0 Å². The summed E-state index contributed by atoms with van der Waals surface area (Å²) >= 11 is 0. The van der Waals surface area contributed by atoms with E-state index in [2.05, 4.69) is 6.58 Å². The summed E-state index contributed by atoms with van der Waals surface area (Å²) in [6, 6.07) is 10.3. The Balaban J connectivity index is 1.95. The molecule has 0 bridgehead atoms. The molecule has 0 unspecified atom stereocenters. The number of amides is 1. The van der Waals surface area contributed by atoms with Crippen molar-refractivity contribution in [2.45, 2.75) is 26.8 Å². The molecule has 0 spiro atoms. The van der Waals surface area contributed by atoms with Crippen LogP contribution in [-0.2, 0) is 0 Å². The average molecular weight is 419 g/mol. The summed E-state index contributed by atoms with van der Waals surface area (Å²) in [5.74, 6) is 0.947. The Morgan fingerprint density at radius 1 is 1.06 bits per heavy atom. The number of nitrogens with zero attached hydrogens (tertiary/aromatic N) is 1. The van der Waals surface area contributed by atoms with Crippen LogP contribution >= 0.6 is 0 Å². The number of rotatable bonds is 7. The molecule has 1 atom stereocenters. The fraction of sp³-hybridized carbons (Fsp3) is 0.280. The third-order valence-corrected chi connectivity index (χ3v) is 5.33. The second-order valence-corrected chi connectivity index (χ2v) is 7.39. The lowest BCUT2D eigenvalue weighted by Gasteiger charge is -2.24. The van der Waals surface area contributed by atoms with Gasteiger partial charge in [-0.3, -0.25) is 9.59 Å². The minimum atomic E-state index is -0.600. The summed E-state index contributed by atoms with van der Waals surface area (Å²) < 4.78 is 17.4. The lowest BCUT2D eigenvalue weighted by molar-refractivity contribution is 0.0748. The standard InChI is InChI=1S/C25H25NO5/c1-5-12-26-22(16-9-11-19(29-6-2)20(14-16)30-7-3)21-23(27)17-13-15(4)8-10-18(17)31-24(21)25(26)28/h5,8-11,13-14,22H,1,6-7,12H2,2-4H3/t22-/m0/s1. The summed E-state index contributed by atoms with van der Waals surface area (Å²) in [4.78, 5) is 28.3. The van der Waals surface area contributed by atoms with E-state index < -0.39 is 6.04 Å². The van der Waals surface area contributed by atoms with Gasteiger partial charge in [0.1, 0.15) is 5.58 Å². The fourth-order valence-electron chi connectivity index (χ4n) is 4.05. The van der Waals surface area contributed by atoms with Crippen LogP contribution in [0.5, 0.6) is 11.5 Å². The fourth-order valence-corrected chi connectivity index (χ4v) is 4.05. The summed E-state index contributed by atoms with van der Waals surface area (Å²) in [6.07, 6.45) is 1.64. The van der Waals surface area contributed by atoms with E-state index in [1.54, 1.807) is 23.1 Å². The van der Waals surface area contributed by atoms with Crippen molar-refractivity contribution in [2.24, 2.45) is 0 Å². The summed E-state index contributed by atoms with van der Waals surface area (Å²) in [6.45, 7) is 10.7. The maximum Gasteiger partial charge on any atom is 0.291 e. The van der Waals surface area contributed by atoms with Crippen molar-refractivity contribution >= 4 is 16.9 Å². The maximum absolute atomic E-state index is 13.5. The quantitative estimate of drug-likeness (QED) is 0.522. The zero-order valence-corrected chi connectivity index (χ0v) is 17.9. The van der Waals surface area contributed by atoms with Crippen molar-refractivity contribution in [3.05, 3.63) is 81.7 Å². The average Bonchev–Trinajstić information content (AvgIpc) is 3.03. The van der Waals surface area contributed by atoms with Crippen molar-refractivity contribution < 1.29 is 18.7 Å². The summed E-state index contributed by atoms with van der Waals surface area (Å²) in [7, 11) is 0. The molecule has 0 fully saturated rings. The van der Waals surface area contributed by atoms with Crippen LogP contribution in [0.2, 0.25) is 0 Å². The van der Waals surface area contributed by atoms with E-state index in [1.165, 1.54) is 0 Å². The van der Waals surface area contributed by atoms with Gasteiger partial charge in [-0.2, -0.15) is 0 Å². The van der Waals surface area contributed by atoms with E-state index in [4.69, 9.17) is 13.9 Å². The van der Waals surface area contributed by atoms with Crippen molar-refractivity contribution in [3.8, 4) is 11.5 Å². The van der Waals surface area contributed by atoms with Crippen LogP contribution in [0.25, 0.3) is 11.0 Å². The Kier molecular flexibility index (Phi) is 5.55. The molecule has 6 heteroatoms. The van der Waals surface area contributed by atoms with E-state index in [9.17, 15) is 9.59 Å². The Hall–Kier alpha value is -3.54. The number of aryl methyl sites for hydroxylation is 1. The molecule has 6 nitrogen and oxygen atoms in total. The predicted molar refractivity (Wildman–Crippen MR) is 119 cm³/mol. The van der Waals surface area contributed by atoms with Crippen molar-refractivity contribution in [1.82, 2.24) is 4.90 Å². The molecule has 2 heterocycles. The largest absolute Gasteiger partial charge is 0.490 e. The molecule has 1 aliphatic heterocycles. The first-order chi connectivity index (χ1) is 15.0. The minimum Gasteiger partial charge on any atom is -0.490 e. The highest BCUT2D eigenvalue weighted by Gasteiger charge is 2.42. The third-order valence-electron chi connectivity index (χ3n) is 5.33. The molecule has 160 valence electrons. The predicted octanol–water partition coefficient (Wildman–Crippen LogP) is 4.63. The monoisotopic (exact) mass is 419 g/mol. The molecule has 3 aromatic rings. The van der Waals surface area contributed by atoms with Crippen LogP contribution in [-0.4, -0.2) is 30.6 Å². The number of benzene rings is 2. The lowest BCUT2D eigenvalue weighted by Crippen LogP contribution is -2.29. The van der Waals surface area contributed by atoms with Crippen molar-refractivity contribution in [2.75, 3.05) is 19.8 Å². The first-order valence-electron chi connectivity index (χ1n) is 10.4. The van der Waals surface area contributed by atoms with Gasteiger partial charge in [-0.05, 0) is 50.6 Å². The van der Waals surface area contributed by atoms with Gasteiger partial charge in [-0.15, -0.1) is 6.58 Å². The van der Waals surface area contributed by atoms with Crippen LogP contribution in [0.4, 0.5) is 0 Å². The number of carbonyl (C=O) groups excluding carboxylic acids is 1. The van der Waals surface area contributed by atoms with Gasteiger partial charge >= 0.3 is 0 Å². The van der Waals surface area contributed by atoms with Gasteiger partial charge in [0.15, 0.2) is 16.9 Å². The van der Waals surface area contributed by atoms with Crippen LogP contribution in [0.15, 0.2) is 58.3 Å². The Morgan fingerprint density at radius 2 is 1.81 bits per heavy atom. The van der Waals surface area contributed by atoms with Crippen LogP contribution in [0.3, 0.4) is 0 Å². The number of ether oxygens (including phenoxy) is 2. The second-order valence-electron chi connectivity index (χ2n) is 7.39. The normalized spacial score (nSPS) is 15.3. The molecule has 0 N–H and O–H groups in total. The minimum absolute atomic E-state index is 0.0834. The molecule has 1 aromatic heterocycles. The second kappa shape index (κ2) is 8.30. The highest BCUT2D eigenvalue weighted by molar-refractivity contribution is 5.99. The summed E-state index contributed by atoms with van der Waals surface area (Å²) in [5, 5.41) is 0.466. The van der Waals surface area contributed by atoms with Crippen molar-refractivity contribution in [3.63, 3.8) is 0 Å². The van der Waals surface area contributed by atoms with E-state index in [0.717, 1.165) is 11.1 Å². The number of hydrogen-bond donors (Lipinski definition) is 0. The molecular weight excluding hydrogens is 394 g/mol. The first-order valence-corrected chi connectivity index (χ1v) is 10.4. The highest BCUT2D eigenvalue weighted by Crippen LogP contribution is 2.41. The molecule has 0 aliphatic carbocycles. The molecular formula is C25H25NO5. The van der Waals surface area contributed by atoms with Gasteiger partial charge in [0.25, 0.3) is 5.91 Å². The van der Waals surface area contributed by atoms with E-state index in [-0.39, 0.29) is 23.6 Å². The highest BCUT2D eigenvalue weighted by atomic mass is 16.5. The van der Waals surface area contributed by atoms with Crippen LogP contribution < -0.4 is 14.9 Å². The molecule has 1 aliphatic rings. The number of hydrogen-bond acceptors (Lipinski definition) is 5. The Bertz CT molecular complexity index is 1230. The van der Waals surface area contributed by atoms with Gasteiger partial charge < -0.3 is 18.8 Å². The van der Waals surface area contributed by atoms with E-state index in [1.807, 2.05) is 45.0 Å². The third kappa shape index (κ3) is 3.48. The molecule has 4 rings (SSSR count).